The Balaban J connectivity index is 2.64. The van der Waals surface area contributed by atoms with Gasteiger partial charge in [-0.25, -0.2) is 13.1 Å². The molecule has 1 unspecified atom stereocenters. The van der Waals surface area contributed by atoms with Crippen LogP contribution in [0.15, 0.2) is 29.2 Å². The van der Waals surface area contributed by atoms with Gasteiger partial charge >= 0.3 is 0 Å². The molecule has 0 aliphatic carbocycles. The Morgan fingerprint density at radius 1 is 1.33 bits per heavy atom. The first-order valence-corrected chi connectivity index (χ1v) is 7.82. The van der Waals surface area contributed by atoms with Gasteiger partial charge in [0.1, 0.15) is 0 Å². The molecule has 1 aromatic rings. The Morgan fingerprint density at radius 2 is 2.06 bits per heavy atom. The molecule has 5 heteroatoms. The van der Waals surface area contributed by atoms with Crippen LogP contribution in [0.4, 0.5) is 5.69 Å². The van der Waals surface area contributed by atoms with Gasteiger partial charge in [0.2, 0.25) is 10.0 Å². The maximum atomic E-state index is 12.1. The van der Waals surface area contributed by atoms with E-state index < -0.39 is 10.0 Å². The zero-order chi connectivity index (χ0) is 13.6. The quantitative estimate of drug-likeness (QED) is 0.590. The van der Waals surface area contributed by atoms with Crippen LogP contribution < -0.4 is 10.5 Å². The summed E-state index contributed by atoms with van der Waals surface area (Å²) in [6, 6.07) is 6.29. The molecule has 4 nitrogen and oxygen atoms in total. The van der Waals surface area contributed by atoms with E-state index in [-0.39, 0.29) is 10.9 Å². The molecule has 0 radical (unpaired) electrons. The van der Waals surface area contributed by atoms with Crippen molar-refractivity contribution in [2.24, 2.45) is 0 Å². The smallest absolute Gasteiger partial charge is 0.240 e. The number of nitrogen functional groups attached to an aromatic ring is 1. The highest BCUT2D eigenvalue weighted by molar-refractivity contribution is 7.89. The zero-order valence-corrected chi connectivity index (χ0v) is 11.8. The zero-order valence-electron chi connectivity index (χ0n) is 11.0. The minimum absolute atomic E-state index is 0.0528. The molecule has 3 N–H and O–H groups in total. The van der Waals surface area contributed by atoms with Crippen molar-refractivity contribution in [3.05, 3.63) is 24.3 Å². The Morgan fingerprint density at radius 3 is 2.67 bits per heavy atom. The highest BCUT2D eigenvalue weighted by Gasteiger charge is 2.16. The van der Waals surface area contributed by atoms with Crippen LogP contribution >= 0.6 is 0 Å². The maximum absolute atomic E-state index is 12.1. The SMILES string of the molecule is CCCCCC(C)NS(=O)(=O)c1cccc(N)c1. The number of rotatable bonds is 7. The van der Waals surface area contributed by atoms with Crippen molar-refractivity contribution in [1.29, 1.82) is 0 Å². The number of sulfonamides is 1. The summed E-state index contributed by atoms with van der Waals surface area (Å²) in [5, 5.41) is 0. The molecule has 0 heterocycles. The van der Waals surface area contributed by atoms with Crippen molar-refractivity contribution in [2.45, 2.75) is 50.5 Å². The topological polar surface area (TPSA) is 72.2 Å². The standard InChI is InChI=1S/C13H22N2O2S/c1-3-4-5-7-11(2)15-18(16,17)13-9-6-8-12(14)10-13/h6,8-11,15H,3-5,7,14H2,1-2H3. The van der Waals surface area contributed by atoms with Crippen LogP contribution in [0.3, 0.4) is 0 Å². The molecule has 0 bridgehead atoms. The first-order chi connectivity index (χ1) is 8.45. The van der Waals surface area contributed by atoms with E-state index in [9.17, 15) is 8.42 Å². The molecule has 0 amide bonds. The normalized spacial score (nSPS) is 13.4. The van der Waals surface area contributed by atoms with Gasteiger partial charge in [0.05, 0.1) is 4.90 Å². The molecular weight excluding hydrogens is 248 g/mol. The number of nitrogens with two attached hydrogens (primary N) is 1. The van der Waals surface area contributed by atoms with Gasteiger partial charge in [0.15, 0.2) is 0 Å². The summed E-state index contributed by atoms with van der Waals surface area (Å²) >= 11 is 0. The number of unbranched alkanes of at least 4 members (excludes halogenated alkanes) is 2. The first kappa shape index (κ1) is 15.0. The van der Waals surface area contributed by atoms with E-state index in [1.54, 1.807) is 18.2 Å². The summed E-state index contributed by atoms with van der Waals surface area (Å²) < 4.78 is 26.8. The predicted octanol–water partition coefficient (Wildman–Crippen LogP) is 2.52. The molecule has 1 rings (SSSR count). The van der Waals surface area contributed by atoms with Gasteiger partial charge in [-0.1, -0.05) is 32.3 Å². The molecule has 18 heavy (non-hydrogen) atoms. The maximum Gasteiger partial charge on any atom is 0.240 e. The third-order valence-corrected chi connectivity index (χ3v) is 4.35. The number of nitrogens with one attached hydrogen (secondary N) is 1. The molecule has 0 saturated heterocycles. The Labute approximate surface area is 110 Å². The highest BCUT2D eigenvalue weighted by Crippen LogP contribution is 2.14. The Kier molecular flexibility index (Phi) is 5.62. The lowest BCUT2D eigenvalue weighted by Crippen LogP contribution is -2.32. The van der Waals surface area contributed by atoms with E-state index in [1.807, 2.05) is 6.92 Å². The largest absolute Gasteiger partial charge is 0.399 e. The van der Waals surface area contributed by atoms with Crippen molar-refractivity contribution >= 4 is 15.7 Å². The Hall–Kier alpha value is -1.07. The molecule has 1 aromatic carbocycles. The van der Waals surface area contributed by atoms with Gasteiger partial charge in [0, 0.05) is 11.7 Å². The fraction of sp³-hybridized carbons (Fsp3) is 0.538. The van der Waals surface area contributed by atoms with Gasteiger partial charge in [-0.2, -0.15) is 0 Å². The molecule has 1 atom stereocenters. The number of hydrogen-bond donors (Lipinski definition) is 2. The second-order valence-corrected chi connectivity index (χ2v) is 6.30. The average molecular weight is 270 g/mol. The minimum Gasteiger partial charge on any atom is -0.399 e. The van der Waals surface area contributed by atoms with Gasteiger partial charge in [-0.3, -0.25) is 0 Å². The lowest BCUT2D eigenvalue weighted by atomic mass is 10.1. The van der Waals surface area contributed by atoms with Crippen LogP contribution in [0.1, 0.15) is 39.5 Å². The van der Waals surface area contributed by atoms with Crippen molar-refractivity contribution < 1.29 is 8.42 Å². The summed E-state index contributed by atoms with van der Waals surface area (Å²) in [6.07, 6.45) is 4.16. The van der Waals surface area contributed by atoms with E-state index in [4.69, 9.17) is 5.73 Å². The van der Waals surface area contributed by atoms with E-state index >= 15 is 0 Å². The molecule has 0 aliphatic rings. The second kappa shape index (κ2) is 6.75. The first-order valence-electron chi connectivity index (χ1n) is 6.33. The number of benzene rings is 1. The molecule has 102 valence electrons. The summed E-state index contributed by atoms with van der Waals surface area (Å²) in [5.41, 5.74) is 6.05. The fourth-order valence-electron chi connectivity index (χ4n) is 1.77. The van der Waals surface area contributed by atoms with E-state index in [0.717, 1.165) is 25.7 Å². The second-order valence-electron chi connectivity index (χ2n) is 4.59. The molecule has 0 aromatic heterocycles. The van der Waals surface area contributed by atoms with Gasteiger partial charge in [-0.15, -0.1) is 0 Å². The molecular formula is C13H22N2O2S. The Bertz CT molecular complexity index is 472. The van der Waals surface area contributed by atoms with Gasteiger partial charge < -0.3 is 5.73 Å². The van der Waals surface area contributed by atoms with Crippen molar-refractivity contribution in [1.82, 2.24) is 4.72 Å². The highest BCUT2D eigenvalue weighted by atomic mass is 32.2. The molecule has 0 aliphatic heterocycles. The van der Waals surface area contributed by atoms with Crippen LogP contribution in [-0.2, 0) is 10.0 Å². The van der Waals surface area contributed by atoms with Crippen LogP contribution in [0.2, 0.25) is 0 Å². The van der Waals surface area contributed by atoms with E-state index in [2.05, 4.69) is 11.6 Å². The summed E-state index contributed by atoms with van der Waals surface area (Å²) in [5.74, 6) is 0. The van der Waals surface area contributed by atoms with Crippen molar-refractivity contribution in [3.8, 4) is 0 Å². The van der Waals surface area contributed by atoms with Gasteiger partial charge in [-0.05, 0) is 31.5 Å². The molecule has 0 saturated carbocycles. The fourth-order valence-corrected chi connectivity index (χ4v) is 3.11. The lowest BCUT2D eigenvalue weighted by molar-refractivity contribution is 0.527. The lowest BCUT2D eigenvalue weighted by Gasteiger charge is -2.14. The third kappa shape index (κ3) is 4.66. The molecule has 0 fully saturated rings. The summed E-state index contributed by atoms with van der Waals surface area (Å²) in [7, 11) is -3.45. The van der Waals surface area contributed by atoms with Crippen LogP contribution in [0.5, 0.6) is 0 Å². The van der Waals surface area contributed by atoms with E-state index in [1.165, 1.54) is 6.07 Å². The molecule has 0 spiro atoms. The van der Waals surface area contributed by atoms with Crippen molar-refractivity contribution in [3.63, 3.8) is 0 Å². The van der Waals surface area contributed by atoms with Crippen LogP contribution in [-0.4, -0.2) is 14.5 Å². The average Bonchev–Trinajstić information content (AvgIpc) is 2.28. The van der Waals surface area contributed by atoms with Crippen LogP contribution in [0, 0.1) is 0 Å². The summed E-state index contributed by atoms with van der Waals surface area (Å²) in [4.78, 5) is 0.227. The number of anilines is 1. The minimum atomic E-state index is -3.45. The monoisotopic (exact) mass is 270 g/mol. The van der Waals surface area contributed by atoms with Crippen LogP contribution in [0.25, 0.3) is 0 Å². The predicted molar refractivity (Wildman–Crippen MR) is 74.8 cm³/mol. The van der Waals surface area contributed by atoms with Crippen molar-refractivity contribution in [2.75, 3.05) is 5.73 Å². The summed E-state index contributed by atoms with van der Waals surface area (Å²) in [6.45, 7) is 4.01. The van der Waals surface area contributed by atoms with E-state index in [0.29, 0.717) is 5.69 Å². The van der Waals surface area contributed by atoms with Gasteiger partial charge in [0.25, 0.3) is 0 Å². The number of hydrogen-bond acceptors (Lipinski definition) is 3. The third-order valence-electron chi connectivity index (χ3n) is 2.77.